The maximum absolute atomic E-state index is 11.2. The zero-order chi connectivity index (χ0) is 12.7. The average molecular weight is 237 g/mol. The third kappa shape index (κ3) is 5.01. The van der Waals surface area contributed by atoms with E-state index >= 15 is 0 Å². The molecule has 1 rings (SSSR count). The second-order valence-electron chi connectivity index (χ2n) is 3.64. The van der Waals surface area contributed by atoms with Gasteiger partial charge in [-0.15, -0.1) is 0 Å². The number of carbonyl (C=O) groups is 1. The molecule has 5 heteroatoms. The number of ether oxygens (including phenoxy) is 2. The molecule has 0 unspecified atom stereocenters. The molecule has 0 spiro atoms. The van der Waals surface area contributed by atoms with Crippen LogP contribution in [0.1, 0.15) is 19.4 Å². The van der Waals surface area contributed by atoms with Gasteiger partial charge in [0, 0.05) is 0 Å². The minimum Gasteiger partial charge on any atom is -0.482 e. The van der Waals surface area contributed by atoms with Crippen molar-refractivity contribution in [2.24, 2.45) is 5.16 Å². The van der Waals surface area contributed by atoms with Gasteiger partial charge in [0.2, 0.25) is 0 Å². The van der Waals surface area contributed by atoms with Gasteiger partial charge in [-0.05, 0) is 31.5 Å². The van der Waals surface area contributed by atoms with Crippen molar-refractivity contribution in [1.29, 1.82) is 0 Å². The second kappa shape index (κ2) is 6.52. The van der Waals surface area contributed by atoms with Gasteiger partial charge in [-0.2, -0.15) is 0 Å². The van der Waals surface area contributed by atoms with E-state index in [4.69, 9.17) is 14.7 Å². The van der Waals surface area contributed by atoms with Crippen molar-refractivity contribution in [1.82, 2.24) is 0 Å². The summed E-state index contributed by atoms with van der Waals surface area (Å²) < 4.78 is 10.2. The maximum Gasteiger partial charge on any atom is 0.344 e. The Balaban J connectivity index is 2.51. The summed E-state index contributed by atoms with van der Waals surface area (Å²) in [6, 6.07) is 6.85. The molecule has 0 radical (unpaired) electrons. The Bertz CT molecular complexity index is 401. The van der Waals surface area contributed by atoms with Gasteiger partial charge >= 0.3 is 5.97 Å². The summed E-state index contributed by atoms with van der Waals surface area (Å²) >= 11 is 0. The molecule has 0 amide bonds. The van der Waals surface area contributed by atoms with E-state index < -0.39 is 5.97 Å². The van der Waals surface area contributed by atoms with Crippen molar-refractivity contribution in [2.75, 3.05) is 6.61 Å². The highest BCUT2D eigenvalue weighted by molar-refractivity contribution is 5.79. The molecule has 0 aliphatic carbocycles. The smallest absolute Gasteiger partial charge is 0.344 e. The lowest BCUT2D eigenvalue weighted by atomic mass is 10.2. The summed E-state index contributed by atoms with van der Waals surface area (Å²) in [5, 5.41) is 11.3. The number of carbonyl (C=O) groups excluding carboxylic acids is 1. The normalized spacial score (nSPS) is 10.8. The Hall–Kier alpha value is -2.04. The number of oxime groups is 1. The molecule has 1 N–H and O–H groups in total. The van der Waals surface area contributed by atoms with Gasteiger partial charge < -0.3 is 14.7 Å². The Labute approximate surface area is 99.7 Å². The van der Waals surface area contributed by atoms with Crippen LogP contribution in [-0.2, 0) is 9.53 Å². The van der Waals surface area contributed by atoms with E-state index in [-0.39, 0.29) is 12.7 Å². The van der Waals surface area contributed by atoms with Gasteiger partial charge in [0.25, 0.3) is 0 Å². The van der Waals surface area contributed by atoms with Crippen molar-refractivity contribution in [2.45, 2.75) is 20.0 Å². The summed E-state index contributed by atoms with van der Waals surface area (Å²) in [5.74, 6) is 0.101. The van der Waals surface area contributed by atoms with Crippen LogP contribution in [0.15, 0.2) is 29.4 Å². The van der Waals surface area contributed by atoms with Crippen LogP contribution in [0.4, 0.5) is 0 Å². The number of hydrogen-bond donors (Lipinski definition) is 1. The third-order valence-electron chi connectivity index (χ3n) is 1.79. The fourth-order valence-corrected chi connectivity index (χ4v) is 1.19. The maximum atomic E-state index is 11.2. The molecule has 0 aliphatic rings. The molecule has 0 atom stereocenters. The second-order valence-corrected chi connectivity index (χ2v) is 3.64. The van der Waals surface area contributed by atoms with Crippen LogP contribution in [0.2, 0.25) is 0 Å². The van der Waals surface area contributed by atoms with Crippen molar-refractivity contribution in [3.63, 3.8) is 0 Å². The number of esters is 1. The van der Waals surface area contributed by atoms with Gasteiger partial charge in [-0.3, -0.25) is 0 Å². The average Bonchev–Trinajstić information content (AvgIpc) is 2.26. The molecule has 0 fully saturated rings. The van der Waals surface area contributed by atoms with Crippen molar-refractivity contribution in [3.8, 4) is 5.75 Å². The van der Waals surface area contributed by atoms with Crippen LogP contribution in [-0.4, -0.2) is 30.1 Å². The Kier molecular flexibility index (Phi) is 5.00. The Morgan fingerprint density at radius 3 is 2.94 bits per heavy atom. The van der Waals surface area contributed by atoms with Gasteiger partial charge in [-0.25, -0.2) is 4.79 Å². The third-order valence-corrected chi connectivity index (χ3v) is 1.79. The molecular weight excluding hydrogens is 222 g/mol. The first-order valence-corrected chi connectivity index (χ1v) is 5.21. The number of benzene rings is 1. The standard InChI is InChI=1S/C12H15NO4/c1-9(2)17-12(14)8-16-11-5-3-4-10(6-11)7-13-15/h3-7,9,15H,8H2,1-2H3/b13-7+. The largest absolute Gasteiger partial charge is 0.482 e. The van der Waals surface area contributed by atoms with Crippen LogP contribution < -0.4 is 4.74 Å². The van der Waals surface area contributed by atoms with E-state index in [9.17, 15) is 4.79 Å². The van der Waals surface area contributed by atoms with Crippen molar-refractivity contribution in [3.05, 3.63) is 29.8 Å². The molecule has 0 aromatic heterocycles. The van der Waals surface area contributed by atoms with E-state index in [1.807, 2.05) is 0 Å². The molecule has 0 saturated heterocycles. The van der Waals surface area contributed by atoms with Crippen LogP contribution >= 0.6 is 0 Å². The molecule has 0 heterocycles. The predicted molar refractivity (Wildman–Crippen MR) is 62.5 cm³/mol. The molecule has 0 aliphatic heterocycles. The van der Waals surface area contributed by atoms with Gasteiger partial charge in [0.05, 0.1) is 12.3 Å². The van der Waals surface area contributed by atoms with Gasteiger partial charge in [0.15, 0.2) is 6.61 Å². The fourth-order valence-electron chi connectivity index (χ4n) is 1.19. The van der Waals surface area contributed by atoms with Crippen molar-refractivity contribution >= 4 is 12.2 Å². The Morgan fingerprint density at radius 2 is 2.29 bits per heavy atom. The molecule has 0 saturated carbocycles. The molecule has 5 nitrogen and oxygen atoms in total. The lowest BCUT2D eigenvalue weighted by Gasteiger charge is -2.09. The monoisotopic (exact) mass is 237 g/mol. The number of nitrogens with zero attached hydrogens (tertiary/aromatic N) is 1. The summed E-state index contributed by atoms with van der Waals surface area (Å²) in [6.07, 6.45) is 1.12. The van der Waals surface area contributed by atoms with Crippen LogP contribution in [0.3, 0.4) is 0 Å². The molecule has 1 aromatic carbocycles. The SMILES string of the molecule is CC(C)OC(=O)COc1cccc(/C=N/O)c1. The number of hydrogen-bond acceptors (Lipinski definition) is 5. The Morgan fingerprint density at radius 1 is 1.53 bits per heavy atom. The molecular formula is C12H15NO4. The van der Waals surface area contributed by atoms with Gasteiger partial charge in [-0.1, -0.05) is 17.3 Å². The lowest BCUT2D eigenvalue weighted by molar-refractivity contribution is -0.149. The zero-order valence-corrected chi connectivity index (χ0v) is 9.79. The fraction of sp³-hybridized carbons (Fsp3) is 0.333. The van der Waals surface area contributed by atoms with Crippen LogP contribution in [0, 0.1) is 0 Å². The first kappa shape index (κ1) is 13.0. The van der Waals surface area contributed by atoms with Crippen LogP contribution in [0.25, 0.3) is 0 Å². The summed E-state index contributed by atoms with van der Waals surface area (Å²) in [7, 11) is 0. The van der Waals surface area contributed by atoms with E-state index in [0.717, 1.165) is 0 Å². The molecule has 0 bridgehead atoms. The van der Waals surface area contributed by atoms with E-state index in [0.29, 0.717) is 11.3 Å². The quantitative estimate of drug-likeness (QED) is 0.367. The minimum atomic E-state index is -0.416. The highest BCUT2D eigenvalue weighted by Crippen LogP contribution is 2.12. The van der Waals surface area contributed by atoms with Crippen LogP contribution in [0.5, 0.6) is 5.75 Å². The van der Waals surface area contributed by atoms with E-state index in [1.165, 1.54) is 6.21 Å². The highest BCUT2D eigenvalue weighted by atomic mass is 16.6. The minimum absolute atomic E-state index is 0.141. The first-order valence-electron chi connectivity index (χ1n) is 5.21. The molecule has 1 aromatic rings. The van der Waals surface area contributed by atoms with E-state index in [2.05, 4.69) is 5.16 Å². The summed E-state index contributed by atoms with van der Waals surface area (Å²) in [5.41, 5.74) is 0.683. The highest BCUT2D eigenvalue weighted by Gasteiger charge is 2.06. The van der Waals surface area contributed by atoms with Crippen molar-refractivity contribution < 1.29 is 19.5 Å². The number of rotatable bonds is 5. The van der Waals surface area contributed by atoms with E-state index in [1.54, 1.807) is 38.1 Å². The molecule has 92 valence electrons. The zero-order valence-electron chi connectivity index (χ0n) is 9.79. The summed E-state index contributed by atoms with van der Waals surface area (Å²) in [6.45, 7) is 3.41. The first-order chi connectivity index (χ1) is 8.11. The lowest BCUT2D eigenvalue weighted by Crippen LogP contribution is -2.18. The predicted octanol–water partition coefficient (Wildman–Crippen LogP) is 1.83. The summed E-state index contributed by atoms with van der Waals surface area (Å²) in [4.78, 5) is 11.2. The molecule has 17 heavy (non-hydrogen) atoms. The van der Waals surface area contributed by atoms with Gasteiger partial charge in [0.1, 0.15) is 5.75 Å². The topological polar surface area (TPSA) is 68.1 Å².